The summed E-state index contributed by atoms with van der Waals surface area (Å²) in [5, 5.41) is 0. The molecule has 1 aliphatic heterocycles. The topological polar surface area (TPSA) is 63.7 Å². The van der Waals surface area contributed by atoms with Crippen LogP contribution in [0.15, 0.2) is 24.3 Å². The first-order valence-electron chi connectivity index (χ1n) is 6.57. The Morgan fingerprint density at radius 1 is 1.20 bits per heavy atom. The fourth-order valence-corrected chi connectivity index (χ4v) is 2.40. The Hall–Kier alpha value is -2.17. The Bertz CT molecular complexity index is 532. The van der Waals surface area contributed by atoms with Crippen molar-refractivity contribution in [3.05, 3.63) is 35.4 Å². The molecule has 20 heavy (non-hydrogen) atoms. The van der Waals surface area contributed by atoms with Gasteiger partial charge in [-0.3, -0.25) is 14.5 Å². The molecule has 106 valence electrons. The van der Waals surface area contributed by atoms with Gasteiger partial charge in [0.2, 0.25) is 0 Å². The molecular formula is C15H17NO4. The lowest BCUT2D eigenvalue weighted by atomic mass is 9.97. The average molecular weight is 275 g/mol. The van der Waals surface area contributed by atoms with E-state index in [1.807, 2.05) is 13.8 Å². The maximum Gasteiger partial charge on any atom is 0.329 e. The predicted octanol–water partition coefficient (Wildman–Crippen LogP) is 1.87. The molecule has 2 atom stereocenters. The summed E-state index contributed by atoms with van der Waals surface area (Å²) in [6.45, 7) is 3.73. The van der Waals surface area contributed by atoms with Gasteiger partial charge in [0, 0.05) is 0 Å². The van der Waals surface area contributed by atoms with Gasteiger partial charge in [0.1, 0.15) is 6.04 Å². The summed E-state index contributed by atoms with van der Waals surface area (Å²) in [4.78, 5) is 37.8. The lowest BCUT2D eigenvalue weighted by molar-refractivity contribution is -0.147. The Morgan fingerprint density at radius 3 is 2.10 bits per heavy atom. The molecule has 1 aromatic rings. The molecule has 2 rings (SSSR count). The number of esters is 1. The van der Waals surface area contributed by atoms with Gasteiger partial charge in [-0.1, -0.05) is 32.4 Å². The number of benzene rings is 1. The Kier molecular flexibility index (Phi) is 3.88. The molecule has 0 aliphatic carbocycles. The minimum absolute atomic E-state index is 0.162. The van der Waals surface area contributed by atoms with Crippen LogP contribution >= 0.6 is 0 Å². The minimum atomic E-state index is -0.877. The number of hydrogen-bond acceptors (Lipinski definition) is 4. The lowest BCUT2D eigenvalue weighted by Gasteiger charge is -2.28. The van der Waals surface area contributed by atoms with Crippen molar-refractivity contribution in [3.63, 3.8) is 0 Å². The van der Waals surface area contributed by atoms with Crippen LogP contribution in [0.3, 0.4) is 0 Å². The van der Waals surface area contributed by atoms with Crippen molar-refractivity contribution in [1.82, 2.24) is 4.90 Å². The second-order valence-corrected chi connectivity index (χ2v) is 4.88. The number of hydrogen-bond donors (Lipinski definition) is 0. The summed E-state index contributed by atoms with van der Waals surface area (Å²) >= 11 is 0. The quantitative estimate of drug-likeness (QED) is 0.621. The van der Waals surface area contributed by atoms with Crippen molar-refractivity contribution in [1.29, 1.82) is 0 Å². The van der Waals surface area contributed by atoms with E-state index in [9.17, 15) is 14.4 Å². The normalized spacial score (nSPS) is 16.9. The fraction of sp³-hybridized carbons (Fsp3) is 0.400. The number of carbonyl (C=O) groups excluding carboxylic acids is 3. The molecule has 0 spiro atoms. The summed E-state index contributed by atoms with van der Waals surface area (Å²) in [6, 6.07) is 5.71. The molecule has 0 N–H and O–H groups in total. The van der Waals surface area contributed by atoms with E-state index in [1.165, 1.54) is 7.11 Å². The summed E-state index contributed by atoms with van der Waals surface area (Å²) in [7, 11) is 1.26. The Labute approximate surface area is 117 Å². The highest BCUT2D eigenvalue weighted by Gasteiger charge is 2.44. The van der Waals surface area contributed by atoms with Crippen LogP contribution in [0.25, 0.3) is 0 Å². The molecule has 5 nitrogen and oxygen atoms in total. The predicted molar refractivity (Wildman–Crippen MR) is 72.2 cm³/mol. The molecule has 0 fully saturated rings. The van der Waals surface area contributed by atoms with Gasteiger partial charge < -0.3 is 4.74 Å². The van der Waals surface area contributed by atoms with Crippen molar-refractivity contribution >= 4 is 17.8 Å². The molecule has 0 saturated heterocycles. The Balaban J connectivity index is 2.44. The number of ether oxygens (including phenoxy) is 1. The van der Waals surface area contributed by atoms with Gasteiger partial charge in [0.05, 0.1) is 18.2 Å². The van der Waals surface area contributed by atoms with Crippen LogP contribution in [0, 0.1) is 5.92 Å². The SMILES string of the molecule is CC[C@H](C)[C@@H](C(=O)OC)N1C(=O)c2ccccc2C1=O. The fourth-order valence-electron chi connectivity index (χ4n) is 2.40. The van der Waals surface area contributed by atoms with Gasteiger partial charge in [-0.25, -0.2) is 4.79 Å². The third-order valence-electron chi connectivity index (χ3n) is 3.73. The van der Waals surface area contributed by atoms with E-state index in [0.29, 0.717) is 17.5 Å². The molecule has 1 aromatic carbocycles. The van der Waals surface area contributed by atoms with E-state index in [4.69, 9.17) is 4.74 Å². The maximum atomic E-state index is 12.4. The lowest BCUT2D eigenvalue weighted by Crippen LogP contribution is -2.49. The molecule has 0 bridgehead atoms. The van der Waals surface area contributed by atoms with Crippen LogP contribution in [0.2, 0.25) is 0 Å². The summed E-state index contributed by atoms with van der Waals surface area (Å²) in [5.74, 6) is -1.58. The summed E-state index contributed by atoms with van der Waals surface area (Å²) in [5.41, 5.74) is 0.685. The number of carbonyl (C=O) groups is 3. The Morgan fingerprint density at radius 2 is 1.70 bits per heavy atom. The number of amides is 2. The summed E-state index contributed by atoms with van der Waals surface area (Å²) < 4.78 is 4.76. The summed E-state index contributed by atoms with van der Waals surface area (Å²) in [6.07, 6.45) is 0.660. The van der Waals surface area contributed by atoms with Gasteiger partial charge in [-0.05, 0) is 18.1 Å². The van der Waals surface area contributed by atoms with Gasteiger partial charge in [0.15, 0.2) is 0 Å². The minimum Gasteiger partial charge on any atom is -0.467 e. The third-order valence-corrected chi connectivity index (χ3v) is 3.73. The van der Waals surface area contributed by atoms with Crippen LogP contribution in [0.4, 0.5) is 0 Å². The smallest absolute Gasteiger partial charge is 0.329 e. The number of nitrogens with zero attached hydrogens (tertiary/aromatic N) is 1. The zero-order valence-corrected chi connectivity index (χ0v) is 11.8. The van der Waals surface area contributed by atoms with Crippen LogP contribution in [0.5, 0.6) is 0 Å². The van der Waals surface area contributed by atoms with Crippen LogP contribution in [0.1, 0.15) is 41.0 Å². The van der Waals surface area contributed by atoms with Crippen molar-refractivity contribution in [3.8, 4) is 0 Å². The van der Waals surface area contributed by atoms with Crippen LogP contribution < -0.4 is 0 Å². The van der Waals surface area contributed by atoms with Gasteiger partial charge in [0.25, 0.3) is 11.8 Å². The van der Waals surface area contributed by atoms with Gasteiger partial charge in [-0.15, -0.1) is 0 Å². The molecule has 5 heteroatoms. The van der Waals surface area contributed by atoms with E-state index in [1.54, 1.807) is 24.3 Å². The number of rotatable bonds is 4. The van der Waals surface area contributed by atoms with Gasteiger partial charge in [-0.2, -0.15) is 0 Å². The third kappa shape index (κ3) is 2.09. The first kappa shape index (κ1) is 14.2. The second kappa shape index (κ2) is 5.45. The number of methoxy groups -OCH3 is 1. The van der Waals surface area contributed by atoms with Crippen LogP contribution in [-0.4, -0.2) is 35.8 Å². The van der Waals surface area contributed by atoms with E-state index in [0.717, 1.165) is 4.90 Å². The largest absolute Gasteiger partial charge is 0.467 e. The number of imide groups is 1. The zero-order valence-electron chi connectivity index (χ0n) is 11.8. The van der Waals surface area contributed by atoms with E-state index in [2.05, 4.69) is 0 Å². The molecule has 0 unspecified atom stereocenters. The van der Waals surface area contributed by atoms with Crippen molar-refractivity contribution < 1.29 is 19.1 Å². The molecule has 0 saturated carbocycles. The van der Waals surface area contributed by atoms with Crippen molar-refractivity contribution in [2.45, 2.75) is 26.3 Å². The maximum absolute atomic E-state index is 12.4. The van der Waals surface area contributed by atoms with E-state index >= 15 is 0 Å². The first-order chi connectivity index (χ1) is 9.52. The molecule has 0 aromatic heterocycles. The van der Waals surface area contributed by atoms with Gasteiger partial charge >= 0.3 is 5.97 Å². The van der Waals surface area contributed by atoms with Crippen molar-refractivity contribution in [2.24, 2.45) is 5.92 Å². The van der Waals surface area contributed by atoms with E-state index < -0.39 is 23.8 Å². The monoisotopic (exact) mass is 275 g/mol. The molecule has 0 radical (unpaired) electrons. The standard InChI is InChI=1S/C15H17NO4/c1-4-9(2)12(15(19)20-3)16-13(17)10-7-5-6-8-11(10)14(16)18/h5-9,12H,4H2,1-3H3/t9-,12-/m0/s1. The molecule has 1 heterocycles. The van der Waals surface area contributed by atoms with Crippen molar-refractivity contribution in [2.75, 3.05) is 7.11 Å². The zero-order chi connectivity index (χ0) is 14.9. The highest BCUT2D eigenvalue weighted by atomic mass is 16.5. The molecule has 2 amide bonds. The average Bonchev–Trinajstić information content (AvgIpc) is 2.72. The molecule has 1 aliphatic rings. The highest BCUT2D eigenvalue weighted by molar-refractivity contribution is 6.22. The molecular weight excluding hydrogens is 258 g/mol. The van der Waals surface area contributed by atoms with Crippen LogP contribution in [-0.2, 0) is 9.53 Å². The highest BCUT2D eigenvalue weighted by Crippen LogP contribution is 2.28. The van der Waals surface area contributed by atoms with E-state index in [-0.39, 0.29) is 5.92 Å². The second-order valence-electron chi connectivity index (χ2n) is 4.88. The number of fused-ring (bicyclic) bond motifs is 1. The first-order valence-corrected chi connectivity index (χ1v) is 6.57.